The summed E-state index contributed by atoms with van der Waals surface area (Å²) < 4.78 is 1.88. The molecule has 1 heterocycles. The molecular formula is C18H15Br2N3OS. The number of para-hydroxylation sites is 1. The van der Waals surface area contributed by atoms with Gasteiger partial charge in [0.2, 0.25) is 5.91 Å². The molecule has 0 saturated heterocycles. The van der Waals surface area contributed by atoms with E-state index in [1.807, 2.05) is 49.4 Å². The highest BCUT2D eigenvalue weighted by Crippen LogP contribution is 2.41. The number of aryl methyl sites for hydroxylation is 1. The molecule has 0 aliphatic rings. The highest BCUT2D eigenvalue weighted by atomic mass is 79.9. The Labute approximate surface area is 166 Å². The Balaban J connectivity index is 1.95. The Morgan fingerprint density at radius 2 is 1.76 bits per heavy atom. The SMILES string of the molecule is CC(=O)Nc1nc(C)c(-c2cc(Br)c(Nc3ccccc3)c(Br)c2)s1. The van der Waals surface area contributed by atoms with Crippen molar-refractivity contribution in [3.63, 3.8) is 0 Å². The fourth-order valence-corrected chi connectivity index (χ4v) is 4.74. The van der Waals surface area contributed by atoms with Crippen LogP contribution in [0.1, 0.15) is 12.6 Å². The number of halogens is 2. The van der Waals surface area contributed by atoms with Crippen molar-refractivity contribution >= 4 is 65.6 Å². The van der Waals surface area contributed by atoms with E-state index in [0.717, 1.165) is 36.5 Å². The molecule has 2 N–H and O–H groups in total. The van der Waals surface area contributed by atoms with E-state index in [9.17, 15) is 4.79 Å². The molecule has 2 aromatic carbocycles. The summed E-state index contributed by atoms with van der Waals surface area (Å²) >= 11 is 8.76. The largest absolute Gasteiger partial charge is 0.354 e. The molecule has 4 nitrogen and oxygen atoms in total. The van der Waals surface area contributed by atoms with Crippen molar-refractivity contribution in [2.45, 2.75) is 13.8 Å². The van der Waals surface area contributed by atoms with E-state index >= 15 is 0 Å². The Bertz CT molecular complexity index is 902. The molecule has 7 heteroatoms. The Hall–Kier alpha value is -1.70. The number of carbonyl (C=O) groups excluding carboxylic acids is 1. The van der Waals surface area contributed by atoms with Crippen molar-refractivity contribution < 1.29 is 4.79 Å². The van der Waals surface area contributed by atoms with Crippen molar-refractivity contribution in [2.24, 2.45) is 0 Å². The lowest BCUT2D eigenvalue weighted by Gasteiger charge is -2.12. The highest BCUT2D eigenvalue weighted by molar-refractivity contribution is 9.11. The summed E-state index contributed by atoms with van der Waals surface area (Å²) in [6.45, 7) is 3.42. The number of amides is 1. The van der Waals surface area contributed by atoms with Gasteiger partial charge in [-0.25, -0.2) is 4.98 Å². The molecule has 0 radical (unpaired) electrons. The average molecular weight is 481 g/mol. The van der Waals surface area contributed by atoms with Crippen LogP contribution in [-0.2, 0) is 4.79 Å². The van der Waals surface area contributed by atoms with E-state index in [1.54, 1.807) is 0 Å². The third-order valence-corrected chi connectivity index (χ3v) is 5.80. The first kappa shape index (κ1) is 18.1. The fourth-order valence-electron chi connectivity index (χ4n) is 2.36. The summed E-state index contributed by atoms with van der Waals surface area (Å²) in [5.74, 6) is -0.120. The van der Waals surface area contributed by atoms with Crippen LogP contribution in [0.5, 0.6) is 0 Å². The molecule has 3 rings (SSSR count). The van der Waals surface area contributed by atoms with Crippen molar-refractivity contribution in [3.8, 4) is 10.4 Å². The predicted octanol–water partition coefficient (Wildman–Crippen LogP) is 6.35. The van der Waals surface area contributed by atoms with Gasteiger partial charge >= 0.3 is 0 Å². The number of nitrogens with one attached hydrogen (secondary N) is 2. The van der Waals surface area contributed by atoms with Gasteiger partial charge in [-0.2, -0.15) is 0 Å². The molecule has 1 amide bonds. The van der Waals surface area contributed by atoms with E-state index in [2.05, 4.69) is 47.5 Å². The summed E-state index contributed by atoms with van der Waals surface area (Å²) in [5.41, 5.74) is 3.89. The summed E-state index contributed by atoms with van der Waals surface area (Å²) in [6, 6.07) is 14.1. The summed E-state index contributed by atoms with van der Waals surface area (Å²) in [4.78, 5) is 16.7. The molecule has 0 unspecified atom stereocenters. The molecular weight excluding hydrogens is 466 g/mol. The number of hydrogen-bond acceptors (Lipinski definition) is 4. The van der Waals surface area contributed by atoms with Crippen LogP contribution in [-0.4, -0.2) is 10.9 Å². The third kappa shape index (κ3) is 4.29. The predicted molar refractivity (Wildman–Crippen MR) is 112 cm³/mol. The van der Waals surface area contributed by atoms with E-state index in [1.165, 1.54) is 18.3 Å². The molecule has 0 aliphatic heterocycles. The third-order valence-electron chi connectivity index (χ3n) is 3.43. The zero-order valence-corrected chi connectivity index (χ0v) is 17.5. The van der Waals surface area contributed by atoms with E-state index in [4.69, 9.17) is 0 Å². The van der Waals surface area contributed by atoms with Gasteiger partial charge in [0.1, 0.15) is 0 Å². The van der Waals surface area contributed by atoms with Crippen molar-refractivity contribution in [1.29, 1.82) is 0 Å². The zero-order valence-electron chi connectivity index (χ0n) is 13.6. The van der Waals surface area contributed by atoms with Gasteiger partial charge in [0.25, 0.3) is 0 Å². The van der Waals surface area contributed by atoms with Crippen molar-refractivity contribution in [1.82, 2.24) is 4.98 Å². The minimum atomic E-state index is -0.120. The standard InChI is InChI=1S/C18H15Br2N3OS/c1-10-17(25-18(21-10)22-11(2)24)12-8-14(19)16(15(20)9-12)23-13-6-4-3-5-7-13/h3-9,23H,1-2H3,(H,21,22,24). The maximum atomic E-state index is 11.2. The van der Waals surface area contributed by atoms with Crippen LogP contribution in [0.3, 0.4) is 0 Å². The maximum absolute atomic E-state index is 11.2. The maximum Gasteiger partial charge on any atom is 0.223 e. The normalized spacial score (nSPS) is 10.6. The quantitative estimate of drug-likeness (QED) is 0.457. The second-order valence-corrected chi connectivity index (χ2v) is 8.13. The van der Waals surface area contributed by atoms with Crippen LogP contribution >= 0.6 is 43.2 Å². The molecule has 128 valence electrons. The van der Waals surface area contributed by atoms with Gasteiger partial charge in [0.15, 0.2) is 5.13 Å². The van der Waals surface area contributed by atoms with Crippen LogP contribution in [0.2, 0.25) is 0 Å². The smallest absolute Gasteiger partial charge is 0.223 e. The second-order valence-electron chi connectivity index (χ2n) is 5.42. The fraction of sp³-hybridized carbons (Fsp3) is 0.111. The number of aromatic nitrogens is 1. The molecule has 0 atom stereocenters. The topological polar surface area (TPSA) is 54.0 Å². The Morgan fingerprint density at radius 3 is 2.36 bits per heavy atom. The van der Waals surface area contributed by atoms with Crippen molar-refractivity contribution in [2.75, 3.05) is 10.6 Å². The molecule has 0 fully saturated rings. The summed E-state index contributed by atoms with van der Waals surface area (Å²) in [7, 11) is 0. The van der Waals surface area contributed by atoms with E-state index in [0.29, 0.717) is 5.13 Å². The van der Waals surface area contributed by atoms with Gasteiger partial charge in [-0.3, -0.25) is 4.79 Å². The van der Waals surface area contributed by atoms with Crippen molar-refractivity contribution in [3.05, 3.63) is 57.1 Å². The van der Waals surface area contributed by atoms with Crippen LogP contribution < -0.4 is 10.6 Å². The molecule has 3 aromatic rings. The molecule has 0 spiro atoms. The number of thiazole rings is 1. The number of benzene rings is 2. The second kappa shape index (κ2) is 7.68. The number of rotatable bonds is 4. The molecule has 0 aliphatic carbocycles. The molecule has 25 heavy (non-hydrogen) atoms. The first-order valence-corrected chi connectivity index (χ1v) is 9.91. The van der Waals surface area contributed by atoms with Gasteiger partial charge in [-0.15, -0.1) is 0 Å². The minimum Gasteiger partial charge on any atom is -0.354 e. The molecule has 0 saturated carbocycles. The number of carbonyl (C=O) groups is 1. The van der Waals surface area contributed by atoms with Crippen LogP contribution in [0.15, 0.2) is 51.4 Å². The first-order valence-electron chi connectivity index (χ1n) is 7.50. The molecule has 1 aromatic heterocycles. The lowest BCUT2D eigenvalue weighted by molar-refractivity contribution is -0.114. The summed E-state index contributed by atoms with van der Waals surface area (Å²) in [6.07, 6.45) is 0. The number of hydrogen-bond donors (Lipinski definition) is 2. The number of nitrogens with zero attached hydrogens (tertiary/aromatic N) is 1. The van der Waals surface area contributed by atoms with Gasteiger partial charge < -0.3 is 10.6 Å². The molecule has 0 bridgehead atoms. The number of anilines is 3. The van der Waals surface area contributed by atoms with E-state index in [-0.39, 0.29) is 5.91 Å². The van der Waals surface area contributed by atoms with E-state index < -0.39 is 0 Å². The van der Waals surface area contributed by atoms with Gasteiger partial charge in [0, 0.05) is 21.6 Å². The Morgan fingerprint density at radius 1 is 1.12 bits per heavy atom. The first-order chi connectivity index (χ1) is 11.9. The van der Waals surface area contributed by atoms with Gasteiger partial charge in [0.05, 0.1) is 16.3 Å². The van der Waals surface area contributed by atoms with Gasteiger partial charge in [-0.1, -0.05) is 29.5 Å². The van der Waals surface area contributed by atoms with Crippen LogP contribution in [0.25, 0.3) is 10.4 Å². The van der Waals surface area contributed by atoms with Gasteiger partial charge in [-0.05, 0) is 68.6 Å². The summed E-state index contributed by atoms with van der Waals surface area (Å²) in [5, 5.41) is 6.75. The Kier molecular flexibility index (Phi) is 5.56. The minimum absolute atomic E-state index is 0.120. The lowest BCUT2D eigenvalue weighted by atomic mass is 10.1. The lowest BCUT2D eigenvalue weighted by Crippen LogP contribution is -2.04. The van der Waals surface area contributed by atoms with Crippen LogP contribution in [0, 0.1) is 6.92 Å². The highest BCUT2D eigenvalue weighted by Gasteiger charge is 2.14. The average Bonchev–Trinajstić information content (AvgIpc) is 2.91. The monoisotopic (exact) mass is 479 g/mol. The zero-order chi connectivity index (χ0) is 18.0. The van der Waals surface area contributed by atoms with Crippen LogP contribution in [0.4, 0.5) is 16.5 Å².